The zero-order chi connectivity index (χ0) is 22.7. The molecule has 2 aromatic heterocycles. The Morgan fingerprint density at radius 2 is 2.06 bits per heavy atom. The lowest BCUT2D eigenvalue weighted by atomic mass is 9.89. The molecule has 1 aliphatic carbocycles. The maximum Gasteiger partial charge on any atom is 0.252 e. The van der Waals surface area contributed by atoms with Crippen molar-refractivity contribution in [3.63, 3.8) is 0 Å². The lowest BCUT2D eigenvalue weighted by Gasteiger charge is -2.48. The molecular formula is C25H29ClN5OP. The number of aryl methyl sites for hydroxylation is 1. The molecule has 2 fully saturated rings. The molecule has 2 unspecified atom stereocenters. The number of hydrogen-bond donors (Lipinski definition) is 0. The van der Waals surface area contributed by atoms with E-state index in [1.807, 2.05) is 34.7 Å². The maximum atomic E-state index is 13.1. The quantitative estimate of drug-likeness (QED) is 0.607. The molecule has 8 heteroatoms. The number of allylic oxidation sites excluding steroid dienone is 1. The van der Waals surface area contributed by atoms with Crippen LogP contribution in [0.4, 0.5) is 0 Å². The van der Waals surface area contributed by atoms with Crippen LogP contribution in [-0.2, 0) is 4.79 Å². The minimum absolute atomic E-state index is 0.0368. The van der Waals surface area contributed by atoms with Gasteiger partial charge in [-0.25, -0.2) is 4.98 Å². The third-order valence-corrected chi connectivity index (χ3v) is 9.16. The van der Waals surface area contributed by atoms with Crippen molar-refractivity contribution in [1.82, 2.24) is 24.1 Å². The van der Waals surface area contributed by atoms with Gasteiger partial charge in [0.15, 0.2) is 5.65 Å². The highest BCUT2D eigenvalue weighted by molar-refractivity contribution is 7.51. The number of carbonyl (C=O) groups is 1. The highest BCUT2D eigenvalue weighted by atomic mass is 35.5. The SMILES string of the molecule is Cc1cn2cc(C3=CC(=O)N4C=C(N5CCN(C6CCC6)[C@@H](C)C5)C=CC4P3)cc(Cl)c2n1. The van der Waals surface area contributed by atoms with Crippen LogP contribution in [0.25, 0.3) is 11.0 Å². The standard InChI is InChI=1S/C25H29ClN5OP/c1-16-12-29-14-18(10-21(26)25(29)27-16)22-11-23(32)31-15-20(6-7-24(31)33-22)28-8-9-30(17(2)13-28)19-4-3-5-19/h6-7,10-12,14-15,17,19,24,33H,3-5,8-9,13H2,1-2H3/t17-,24?/m0/s1. The summed E-state index contributed by atoms with van der Waals surface area (Å²) in [6.07, 6.45) is 16.3. The van der Waals surface area contributed by atoms with E-state index >= 15 is 0 Å². The molecule has 2 aromatic rings. The first-order valence-corrected chi connectivity index (χ1v) is 13.3. The number of amides is 1. The fourth-order valence-electron chi connectivity index (χ4n) is 5.41. The molecule has 0 bridgehead atoms. The Balaban J connectivity index is 1.21. The van der Waals surface area contributed by atoms with E-state index in [4.69, 9.17) is 11.6 Å². The van der Waals surface area contributed by atoms with Gasteiger partial charge in [-0.3, -0.25) is 9.69 Å². The molecule has 1 saturated carbocycles. The molecule has 1 amide bonds. The van der Waals surface area contributed by atoms with Crippen molar-refractivity contribution < 1.29 is 4.79 Å². The summed E-state index contributed by atoms with van der Waals surface area (Å²) < 4.78 is 1.95. The molecule has 0 radical (unpaired) electrons. The normalized spacial score (nSPS) is 27.1. The summed E-state index contributed by atoms with van der Waals surface area (Å²) in [6.45, 7) is 7.45. The van der Waals surface area contributed by atoms with E-state index in [-0.39, 0.29) is 11.7 Å². The third kappa shape index (κ3) is 3.82. The van der Waals surface area contributed by atoms with Crippen molar-refractivity contribution in [3.8, 4) is 0 Å². The van der Waals surface area contributed by atoms with Crippen molar-refractivity contribution >= 4 is 37.1 Å². The summed E-state index contributed by atoms with van der Waals surface area (Å²) in [5.41, 5.74) is 3.81. The van der Waals surface area contributed by atoms with Gasteiger partial charge in [-0.1, -0.05) is 32.7 Å². The monoisotopic (exact) mass is 481 g/mol. The number of halogens is 1. The summed E-state index contributed by atoms with van der Waals surface area (Å²) in [6, 6.07) is 3.27. The number of nitrogens with zero attached hydrogens (tertiary/aromatic N) is 5. The summed E-state index contributed by atoms with van der Waals surface area (Å²) >= 11 is 6.49. The molecule has 3 aliphatic heterocycles. The first-order valence-electron chi connectivity index (χ1n) is 11.8. The second-order valence-corrected chi connectivity index (χ2v) is 11.4. The molecular weight excluding hydrogens is 453 g/mol. The molecule has 4 aliphatic rings. The van der Waals surface area contributed by atoms with Gasteiger partial charge in [0.25, 0.3) is 5.91 Å². The Morgan fingerprint density at radius 1 is 1.21 bits per heavy atom. The van der Waals surface area contributed by atoms with Crippen LogP contribution < -0.4 is 0 Å². The van der Waals surface area contributed by atoms with Crippen LogP contribution >= 0.6 is 20.2 Å². The zero-order valence-corrected chi connectivity index (χ0v) is 20.8. The molecule has 6 rings (SSSR count). The predicted molar refractivity (Wildman–Crippen MR) is 134 cm³/mol. The van der Waals surface area contributed by atoms with Crippen LogP contribution in [0, 0.1) is 6.92 Å². The number of carbonyl (C=O) groups excluding carboxylic acids is 1. The molecule has 0 aromatic carbocycles. The average molecular weight is 482 g/mol. The van der Waals surface area contributed by atoms with Crippen LogP contribution in [0.5, 0.6) is 0 Å². The van der Waals surface area contributed by atoms with Crippen molar-refractivity contribution in [1.29, 1.82) is 0 Å². The summed E-state index contributed by atoms with van der Waals surface area (Å²) in [4.78, 5) is 24.6. The number of rotatable bonds is 3. The third-order valence-electron chi connectivity index (χ3n) is 7.37. The molecule has 0 spiro atoms. The Bertz CT molecular complexity index is 1210. The van der Waals surface area contributed by atoms with Crippen LogP contribution in [0.1, 0.15) is 37.4 Å². The van der Waals surface area contributed by atoms with E-state index in [2.05, 4.69) is 40.1 Å². The van der Waals surface area contributed by atoms with E-state index < -0.39 is 0 Å². The molecule has 1 saturated heterocycles. The van der Waals surface area contributed by atoms with E-state index in [1.165, 1.54) is 19.3 Å². The van der Waals surface area contributed by atoms with E-state index in [0.29, 0.717) is 19.6 Å². The minimum atomic E-state index is 0.0368. The molecule has 5 heterocycles. The molecule has 0 N–H and O–H groups in total. The predicted octanol–water partition coefficient (Wildman–Crippen LogP) is 4.45. The molecule has 172 valence electrons. The van der Waals surface area contributed by atoms with Crippen LogP contribution in [0.2, 0.25) is 5.02 Å². The second kappa shape index (κ2) is 8.26. The van der Waals surface area contributed by atoms with Crippen LogP contribution in [0.3, 0.4) is 0 Å². The number of imidazole rings is 1. The number of hydrogen-bond acceptors (Lipinski definition) is 4. The van der Waals surface area contributed by atoms with Crippen molar-refractivity contribution in [3.05, 3.63) is 64.9 Å². The minimum Gasteiger partial charge on any atom is -0.368 e. The molecule has 3 atom stereocenters. The Hall–Kier alpha value is -2.14. The number of piperazine rings is 1. The summed E-state index contributed by atoms with van der Waals surface area (Å²) in [5.74, 6) is 0.101. The topological polar surface area (TPSA) is 44.1 Å². The van der Waals surface area contributed by atoms with Gasteiger partial charge in [0.2, 0.25) is 0 Å². The van der Waals surface area contributed by atoms with E-state index in [1.54, 1.807) is 6.08 Å². The second-order valence-electron chi connectivity index (χ2n) is 9.61. The summed E-state index contributed by atoms with van der Waals surface area (Å²) in [7, 11) is 0.470. The first-order chi connectivity index (χ1) is 16.0. The van der Waals surface area contributed by atoms with Crippen molar-refractivity contribution in [2.75, 3.05) is 19.6 Å². The average Bonchev–Trinajstić information content (AvgIpc) is 3.14. The number of fused-ring (bicyclic) bond motifs is 2. The number of pyridine rings is 1. The highest BCUT2D eigenvalue weighted by Gasteiger charge is 2.34. The Morgan fingerprint density at radius 3 is 2.82 bits per heavy atom. The van der Waals surface area contributed by atoms with Gasteiger partial charge in [-0.15, -0.1) is 0 Å². The van der Waals surface area contributed by atoms with Gasteiger partial charge in [0, 0.05) is 62.0 Å². The molecule has 33 heavy (non-hydrogen) atoms. The smallest absolute Gasteiger partial charge is 0.252 e. The van der Waals surface area contributed by atoms with Gasteiger partial charge in [0.05, 0.1) is 22.2 Å². The van der Waals surface area contributed by atoms with Gasteiger partial charge < -0.3 is 14.2 Å². The Kier molecular flexibility index (Phi) is 5.36. The Labute approximate surface area is 201 Å². The van der Waals surface area contributed by atoms with Crippen molar-refractivity contribution in [2.45, 2.75) is 51.0 Å². The van der Waals surface area contributed by atoms with Crippen LogP contribution in [-0.4, -0.2) is 67.5 Å². The first kappa shape index (κ1) is 21.4. The lowest BCUT2D eigenvalue weighted by Crippen LogP contribution is -2.56. The van der Waals surface area contributed by atoms with Crippen LogP contribution in [0.15, 0.2) is 48.6 Å². The van der Waals surface area contributed by atoms with E-state index in [9.17, 15) is 4.79 Å². The fraction of sp³-hybridized carbons (Fsp3) is 0.440. The van der Waals surface area contributed by atoms with Gasteiger partial charge in [-0.05, 0) is 44.1 Å². The zero-order valence-electron chi connectivity index (χ0n) is 19.0. The largest absolute Gasteiger partial charge is 0.368 e. The number of aromatic nitrogens is 2. The van der Waals surface area contributed by atoms with Gasteiger partial charge >= 0.3 is 0 Å². The lowest BCUT2D eigenvalue weighted by molar-refractivity contribution is -0.123. The van der Waals surface area contributed by atoms with E-state index in [0.717, 1.165) is 53.6 Å². The van der Waals surface area contributed by atoms with Gasteiger partial charge in [-0.2, -0.15) is 0 Å². The molecule has 6 nitrogen and oxygen atoms in total. The summed E-state index contributed by atoms with van der Waals surface area (Å²) in [5, 5.41) is 1.65. The van der Waals surface area contributed by atoms with Crippen molar-refractivity contribution in [2.24, 2.45) is 0 Å². The maximum absolute atomic E-state index is 13.1. The fourth-order valence-corrected chi connectivity index (χ4v) is 7.03. The van der Waals surface area contributed by atoms with Gasteiger partial charge in [0.1, 0.15) is 0 Å². The highest BCUT2D eigenvalue weighted by Crippen LogP contribution is 2.45.